The lowest BCUT2D eigenvalue weighted by molar-refractivity contribution is -0.141. The van der Waals surface area contributed by atoms with Crippen LogP contribution >= 0.6 is 0 Å². The largest absolute Gasteiger partial charge is 0.480 e. The molecule has 3 N–H and O–H groups in total. The highest BCUT2D eigenvalue weighted by Crippen LogP contribution is 2.49. The van der Waals surface area contributed by atoms with E-state index in [1.54, 1.807) is 24.3 Å². The number of aliphatic carboxylic acids is 1. The Morgan fingerprint density at radius 3 is 2.06 bits per heavy atom. The van der Waals surface area contributed by atoms with Crippen molar-refractivity contribution in [3.8, 4) is 11.1 Å². The van der Waals surface area contributed by atoms with Gasteiger partial charge in [-0.2, -0.15) is 0 Å². The first-order chi connectivity index (χ1) is 16.9. The number of ether oxygens (including phenoxy) is 1. The molecule has 3 aromatic carbocycles. The lowest BCUT2D eigenvalue weighted by Crippen LogP contribution is -2.43. The summed E-state index contributed by atoms with van der Waals surface area (Å²) in [4.78, 5) is 36.2. The summed E-state index contributed by atoms with van der Waals surface area (Å²) in [6.45, 7) is 1.67. The van der Waals surface area contributed by atoms with E-state index in [1.807, 2.05) is 24.3 Å². The second-order valence-corrected chi connectivity index (χ2v) is 9.14. The molecular formula is C28H26N2O5. The van der Waals surface area contributed by atoms with Crippen LogP contribution < -0.4 is 10.6 Å². The number of hydrogen-bond acceptors (Lipinski definition) is 4. The topological polar surface area (TPSA) is 105 Å². The van der Waals surface area contributed by atoms with Crippen molar-refractivity contribution in [2.45, 2.75) is 37.1 Å². The van der Waals surface area contributed by atoms with Gasteiger partial charge in [-0.1, -0.05) is 60.7 Å². The lowest BCUT2D eigenvalue weighted by atomic mass is 9.94. The molecule has 0 aromatic heterocycles. The summed E-state index contributed by atoms with van der Waals surface area (Å²) in [5.41, 5.74) is 5.29. The lowest BCUT2D eigenvalue weighted by Gasteiger charge is -2.18. The van der Waals surface area contributed by atoms with Gasteiger partial charge in [0.2, 0.25) is 5.91 Å². The molecule has 0 radical (unpaired) electrons. The molecule has 178 valence electrons. The number of nitrogens with one attached hydrogen (secondary N) is 2. The SMILES string of the molecule is C[C@@H](NC(=O)C1(c2ccc(NC(=O)OCC3c4ccccc4-c4ccccc43)cc2)CC1)C(=O)O. The van der Waals surface area contributed by atoms with Crippen LogP contribution in [0.5, 0.6) is 0 Å². The minimum Gasteiger partial charge on any atom is -0.480 e. The zero-order valence-electron chi connectivity index (χ0n) is 19.3. The highest BCUT2D eigenvalue weighted by Gasteiger charge is 2.51. The van der Waals surface area contributed by atoms with Gasteiger partial charge in [0.15, 0.2) is 0 Å². The normalized spacial score (nSPS) is 15.9. The van der Waals surface area contributed by atoms with Gasteiger partial charge in [-0.25, -0.2) is 4.79 Å². The second kappa shape index (κ2) is 8.91. The number of benzene rings is 3. The Hall–Kier alpha value is -4.13. The molecule has 7 nitrogen and oxygen atoms in total. The van der Waals surface area contributed by atoms with E-state index in [2.05, 4.69) is 34.9 Å². The molecule has 5 rings (SSSR count). The van der Waals surface area contributed by atoms with Crippen molar-refractivity contribution < 1.29 is 24.2 Å². The average Bonchev–Trinajstić information content (AvgIpc) is 3.61. The Morgan fingerprint density at radius 2 is 1.51 bits per heavy atom. The van der Waals surface area contributed by atoms with Gasteiger partial charge >= 0.3 is 12.1 Å². The van der Waals surface area contributed by atoms with Crippen LogP contribution in [0.25, 0.3) is 11.1 Å². The number of carboxylic acids is 1. The van der Waals surface area contributed by atoms with Crippen molar-refractivity contribution in [3.63, 3.8) is 0 Å². The minimum atomic E-state index is -1.07. The van der Waals surface area contributed by atoms with Gasteiger partial charge in [0.1, 0.15) is 12.6 Å². The molecule has 3 aromatic rings. The Kier molecular flexibility index (Phi) is 5.76. The van der Waals surface area contributed by atoms with Crippen molar-refractivity contribution in [2.75, 3.05) is 11.9 Å². The van der Waals surface area contributed by atoms with Crippen molar-refractivity contribution in [2.24, 2.45) is 0 Å². The van der Waals surface area contributed by atoms with Crippen LogP contribution in [-0.4, -0.2) is 35.7 Å². The highest BCUT2D eigenvalue weighted by molar-refractivity contribution is 5.94. The van der Waals surface area contributed by atoms with Crippen molar-refractivity contribution in [1.29, 1.82) is 0 Å². The molecule has 0 aliphatic heterocycles. The summed E-state index contributed by atoms with van der Waals surface area (Å²) >= 11 is 0. The zero-order valence-corrected chi connectivity index (χ0v) is 19.3. The predicted molar refractivity (Wildman–Crippen MR) is 131 cm³/mol. The number of carbonyl (C=O) groups excluding carboxylic acids is 2. The molecule has 7 heteroatoms. The Balaban J connectivity index is 1.21. The molecule has 0 bridgehead atoms. The number of carboxylic acid groups (broad SMARTS) is 1. The van der Waals surface area contributed by atoms with Crippen LogP contribution in [0.4, 0.5) is 10.5 Å². The fourth-order valence-corrected chi connectivity index (χ4v) is 4.79. The number of anilines is 1. The molecule has 0 saturated heterocycles. The van der Waals surface area contributed by atoms with Crippen LogP contribution in [0.1, 0.15) is 42.4 Å². The van der Waals surface area contributed by atoms with Crippen LogP contribution in [0.2, 0.25) is 0 Å². The molecule has 1 atom stereocenters. The van der Waals surface area contributed by atoms with Gasteiger partial charge in [0.05, 0.1) is 5.41 Å². The van der Waals surface area contributed by atoms with E-state index in [1.165, 1.54) is 18.1 Å². The molecule has 1 fully saturated rings. The minimum absolute atomic E-state index is 0.0167. The first-order valence-corrected chi connectivity index (χ1v) is 11.7. The Bertz CT molecular complexity index is 1250. The molecule has 0 spiro atoms. The van der Waals surface area contributed by atoms with E-state index in [-0.39, 0.29) is 18.4 Å². The highest BCUT2D eigenvalue weighted by atomic mass is 16.5. The average molecular weight is 471 g/mol. The molecule has 35 heavy (non-hydrogen) atoms. The summed E-state index contributed by atoms with van der Waals surface area (Å²) in [7, 11) is 0. The Morgan fingerprint density at radius 1 is 0.943 bits per heavy atom. The zero-order chi connectivity index (χ0) is 24.6. The molecule has 2 aliphatic rings. The van der Waals surface area contributed by atoms with Crippen LogP contribution in [0.15, 0.2) is 72.8 Å². The fourth-order valence-electron chi connectivity index (χ4n) is 4.79. The summed E-state index contributed by atoms with van der Waals surface area (Å²) in [6.07, 6.45) is 0.767. The number of amides is 2. The van der Waals surface area contributed by atoms with Gasteiger partial charge in [-0.3, -0.25) is 14.9 Å². The van der Waals surface area contributed by atoms with Crippen molar-refractivity contribution in [1.82, 2.24) is 5.32 Å². The summed E-state index contributed by atoms with van der Waals surface area (Å²) in [5.74, 6) is -1.38. The monoisotopic (exact) mass is 470 g/mol. The van der Waals surface area contributed by atoms with Crippen LogP contribution in [0.3, 0.4) is 0 Å². The van der Waals surface area contributed by atoms with Gasteiger partial charge in [-0.15, -0.1) is 0 Å². The van der Waals surface area contributed by atoms with E-state index in [0.29, 0.717) is 18.5 Å². The van der Waals surface area contributed by atoms with E-state index >= 15 is 0 Å². The standard InChI is InChI=1S/C28H26N2O5/c1-17(25(31)32)29-26(33)28(14-15-28)18-10-12-19(13-11-18)30-27(34)35-16-24-22-8-4-2-6-20(22)21-7-3-5-9-23(21)24/h2-13,17,24H,14-16H2,1H3,(H,29,33)(H,30,34)(H,31,32)/t17-/m1/s1. The fraction of sp³-hybridized carbons (Fsp3) is 0.250. The third kappa shape index (κ3) is 4.25. The third-order valence-electron chi connectivity index (χ3n) is 6.93. The predicted octanol–water partition coefficient (Wildman–Crippen LogP) is 4.67. The molecular weight excluding hydrogens is 444 g/mol. The number of carbonyl (C=O) groups is 3. The number of fused-ring (bicyclic) bond motifs is 3. The van der Waals surface area contributed by atoms with Gasteiger partial charge in [0, 0.05) is 11.6 Å². The van der Waals surface area contributed by atoms with E-state index in [9.17, 15) is 14.4 Å². The van der Waals surface area contributed by atoms with Crippen molar-refractivity contribution >= 4 is 23.7 Å². The maximum absolute atomic E-state index is 12.6. The van der Waals surface area contributed by atoms with Gasteiger partial charge in [-0.05, 0) is 59.7 Å². The van der Waals surface area contributed by atoms with Gasteiger partial charge < -0.3 is 15.2 Å². The quantitative estimate of drug-likeness (QED) is 0.466. The molecule has 0 heterocycles. The summed E-state index contributed by atoms with van der Waals surface area (Å²) in [6, 6.07) is 22.4. The van der Waals surface area contributed by atoms with E-state index < -0.39 is 23.5 Å². The molecule has 2 amide bonds. The maximum Gasteiger partial charge on any atom is 0.411 e. The second-order valence-electron chi connectivity index (χ2n) is 9.14. The van der Waals surface area contributed by atoms with Gasteiger partial charge in [0.25, 0.3) is 0 Å². The summed E-state index contributed by atoms with van der Waals surface area (Å²) < 4.78 is 5.59. The molecule has 2 aliphatic carbocycles. The smallest absolute Gasteiger partial charge is 0.411 e. The first kappa shape index (κ1) is 22.7. The molecule has 1 saturated carbocycles. The van der Waals surface area contributed by atoms with Crippen LogP contribution in [-0.2, 0) is 19.7 Å². The third-order valence-corrected chi connectivity index (χ3v) is 6.93. The number of rotatable bonds is 7. The summed E-state index contributed by atoms with van der Waals surface area (Å²) in [5, 5.41) is 14.4. The number of hydrogen-bond donors (Lipinski definition) is 3. The molecule has 0 unspecified atom stereocenters. The van der Waals surface area contributed by atoms with Crippen LogP contribution in [0, 0.1) is 0 Å². The van der Waals surface area contributed by atoms with E-state index in [0.717, 1.165) is 16.7 Å². The first-order valence-electron chi connectivity index (χ1n) is 11.7. The van der Waals surface area contributed by atoms with E-state index in [4.69, 9.17) is 9.84 Å². The maximum atomic E-state index is 12.6. The Labute approximate surface area is 203 Å². The van der Waals surface area contributed by atoms with Crippen molar-refractivity contribution in [3.05, 3.63) is 89.5 Å².